The molecule has 1 unspecified atom stereocenters. The highest BCUT2D eigenvalue weighted by molar-refractivity contribution is 8.14. The largest absolute Gasteiger partial charge is 0.475 e. The predicted octanol–water partition coefficient (Wildman–Crippen LogP) is 3.14. The van der Waals surface area contributed by atoms with Gasteiger partial charge in [0.15, 0.2) is 34.0 Å². The second-order valence-electron chi connectivity index (χ2n) is 27.0. The van der Waals surface area contributed by atoms with Crippen LogP contribution in [0, 0.1) is 16.2 Å². The average molecular weight is 1650 g/mol. The van der Waals surface area contributed by atoms with Crippen molar-refractivity contribution in [1.82, 2.24) is 44.6 Å². The number of nitrogens with two attached hydrogens (primary N) is 3. The Morgan fingerprint density at radius 2 is 0.731 bits per heavy atom. The number of aromatic nitrogens is 6. The molecule has 15 atom stereocenters. The Bertz CT molecular complexity index is 3640. The van der Waals surface area contributed by atoms with Crippen molar-refractivity contribution in [2.24, 2.45) is 16.2 Å². The van der Waals surface area contributed by atoms with Gasteiger partial charge >= 0.3 is 58.8 Å². The lowest BCUT2D eigenvalue weighted by molar-refractivity contribution is -0.118. The number of alkyl carbamates (subject to hydrolysis) is 3. The molecule has 3 aromatic rings. The zero-order chi connectivity index (χ0) is 80.2. The number of nitrogens with one attached hydrogen (secondary N) is 3. The van der Waals surface area contributed by atoms with Gasteiger partial charge in [-0.3, -0.25) is 68.8 Å². The van der Waals surface area contributed by atoms with Crippen LogP contribution in [-0.4, -0.2) is 227 Å². The number of hydrogen-bond acceptors (Lipinski definition) is 39. The molecule has 0 radical (unpaired) electrons. The number of rotatable bonds is 27. The molecule has 606 valence electrons. The molecule has 108 heavy (non-hydrogen) atoms. The van der Waals surface area contributed by atoms with Crippen molar-refractivity contribution >= 4 is 110 Å². The van der Waals surface area contributed by atoms with Crippen LogP contribution in [0.25, 0.3) is 0 Å². The summed E-state index contributed by atoms with van der Waals surface area (Å²) in [7, 11) is -12.3. The molecule has 12 N–H and O–H groups in total. The lowest BCUT2D eigenvalue weighted by Crippen LogP contribution is -2.49. The van der Waals surface area contributed by atoms with Crippen LogP contribution >= 0.6 is 58.8 Å². The Hall–Kier alpha value is -6.00. The van der Waals surface area contributed by atoms with Crippen molar-refractivity contribution in [3.8, 4) is 0 Å². The maximum Gasteiger partial charge on any atom is 0.475 e. The minimum absolute atomic E-state index is 0.0128. The Morgan fingerprint density at radius 1 is 0.491 bits per heavy atom. The highest BCUT2D eigenvalue weighted by atomic mass is 32.2. The van der Waals surface area contributed by atoms with Crippen LogP contribution in [0.2, 0.25) is 0 Å². The Kier molecular flexibility index (Phi) is 30.6. The molecule has 48 heteroatoms. The monoisotopic (exact) mass is 1650 g/mol. The first kappa shape index (κ1) is 89.2. The zero-order valence-corrected chi connectivity index (χ0v) is 66.2. The first-order valence-corrected chi connectivity index (χ1v) is 40.8. The summed E-state index contributed by atoms with van der Waals surface area (Å²) < 4.78 is 122. The third kappa shape index (κ3) is 22.9. The maximum atomic E-state index is 13.0. The van der Waals surface area contributed by atoms with Gasteiger partial charge in [-0.05, 0) is 59.7 Å². The van der Waals surface area contributed by atoms with E-state index in [1.54, 1.807) is 62.3 Å². The number of amides is 3. The van der Waals surface area contributed by atoms with Gasteiger partial charge in [0.05, 0.1) is 75.7 Å². The van der Waals surface area contributed by atoms with Gasteiger partial charge in [0.2, 0.25) is 0 Å². The van der Waals surface area contributed by atoms with E-state index in [0.717, 1.165) is 49.0 Å². The van der Waals surface area contributed by atoms with Gasteiger partial charge in [-0.1, -0.05) is 76.8 Å². The summed E-state index contributed by atoms with van der Waals surface area (Å²) in [4.78, 5) is 119. The fourth-order valence-electron chi connectivity index (χ4n) is 10.7. The van der Waals surface area contributed by atoms with E-state index in [1.807, 2.05) is 0 Å². The van der Waals surface area contributed by atoms with Crippen LogP contribution in [0.3, 0.4) is 0 Å². The van der Waals surface area contributed by atoms with E-state index >= 15 is 0 Å². The first-order valence-electron chi connectivity index (χ1n) is 33.5. The zero-order valence-electron chi connectivity index (χ0n) is 61.1. The van der Waals surface area contributed by atoms with Crippen LogP contribution in [0.15, 0.2) is 51.2 Å². The maximum absolute atomic E-state index is 13.0. The van der Waals surface area contributed by atoms with Crippen molar-refractivity contribution in [2.45, 2.75) is 155 Å². The predicted molar refractivity (Wildman–Crippen MR) is 384 cm³/mol. The molecule has 9 heterocycles. The first-order chi connectivity index (χ1) is 50.4. The molecule has 6 fully saturated rings. The highest BCUT2D eigenvalue weighted by Gasteiger charge is 2.63. The van der Waals surface area contributed by atoms with E-state index < -0.39 is 147 Å². The van der Waals surface area contributed by atoms with Crippen molar-refractivity contribution in [2.75, 3.05) is 114 Å². The molecule has 9 rings (SSSR count). The smallest absolute Gasteiger partial charge is 0.450 e. The topological polar surface area (TPSA) is 572 Å². The van der Waals surface area contributed by atoms with Crippen LogP contribution in [0.1, 0.15) is 102 Å². The second-order valence-corrected chi connectivity index (χ2v) is 35.0. The van der Waals surface area contributed by atoms with Crippen molar-refractivity contribution in [3.63, 3.8) is 0 Å². The lowest BCUT2D eigenvalue weighted by Gasteiger charge is -2.35. The average Bonchev–Trinajstić information content (AvgIpc) is 1.60. The summed E-state index contributed by atoms with van der Waals surface area (Å²) in [5.41, 5.74) is 6.36. The Balaban J connectivity index is 0.000000226. The number of ether oxygens (including phenoxy) is 6. The number of nitrogens with zero attached hydrogens (tertiary/aromatic N) is 6. The standard InChI is InChI=1S/3C20H31N4O10PS/c3*1-5-30-18(27)22-11-19(2,3)16(25)36-9-8-31-35(29)32-10-12-14(34-35)20(4,28)15(33-12)24-7-6-13(21)23-17(24)26/h3*6-7,12,14-15,28H,5,8-11H2,1-4H3,(H,22,27)(H2,21,23,26)/t12-,14-,15-,20-,35?;12-,14-,15-,20-,35+;12-,14-,15-,20-,35-/m111/s1. The summed E-state index contributed by atoms with van der Waals surface area (Å²) in [6.07, 6.45) is -7.30. The van der Waals surface area contributed by atoms with Gasteiger partial charge in [-0.2, -0.15) is 15.0 Å². The molecule has 42 nitrogen and oxygen atoms in total. The van der Waals surface area contributed by atoms with E-state index in [1.165, 1.54) is 57.6 Å². The molecule has 3 aromatic heterocycles. The summed E-state index contributed by atoms with van der Waals surface area (Å²) in [6, 6.07) is 4.13. The van der Waals surface area contributed by atoms with Crippen LogP contribution < -0.4 is 50.2 Å². The molecule has 0 aliphatic carbocycles. The van der Waals surface area contributed by atoms with Gasteiger partial charge in [0.25, 0.3) is 0 Å². The molecule has 0 aromatic carbocycles. The third-order valence-corrected chi connectivity index (χ3v) is 24.5. The Labute approximate surface area is 631 Å². The van der Waals surface area contributed by atoms with Gasteiger partial charge in [0, 0.05) is 55.5 Å². The molecule has 3 amide bonds. The fraction of sp³-hybridized carbons (Fsp3) is 0.700. The van der Waals surface area contributed by atoms with Gasteiger partial charge in [-0.25, -0.2) is 42.5 Å². The second kappa shape index (κ2) is 37.1. The SMILES string of the molecule is CCOC(=O)NCC(C)(C)C(=O)SCCOP1(=O)OC[C@H]2O[C@@H](n3ccc(N)nc3=O)[C@](C)(O)[C@@H]2O1.CCOC(=O)NCC(C)(C)C(=O)SCCO[P@@]1(=O)OC[C@H]2O[C@@H](n3ccc(N)nc3=O)[C@](C)(O)[C@@H]2O1.CCOC(=O)NCC(C)(C)C(=O)SCCO[P@]1(=O)OC[C@H]2O[C@@H](n3ccc(N)nc3=O)[C@](C)(O)[C@@H]2O1. The number of anilines is 3. The molecule has 0 spiro atoms. The normalized spacial score (nSPS) is 30.0. The number of thioether (sulfide) groups is 3. The summed E-state index contributed by atoms with van der Waals surface area (Å²) in [6.45, 7) is 19.0. The number of carbonyl (C=O) groups is 6. The quantitative estimate of drug-likeness (QED) is 0.0301. The molecular formula is C60H93N12O30P3S3. The van der Waals surface area contributed by atoms with Gasteiger partial charge in [-0.15, -0.1) is 0 Å². The molecule has 0 bridgehead atoms. The van der Waals surface area contributed by atoms with Crippen LogP contribution in [0.5, 0.6) is 0 Å². The minimum atomic E-state index is -4.10. The van der Waals surface area contributed by atoms with Gasteiger partial charge in [0.1, 0.15) is 70.9 Å². The lowest BCUT2D eigenvalue weighted by atomic mass is 9.96. The minimum Gasteiger partial charge on any atom is -0.450 e. The summed E-state index contributed by atoms with van der Waals surface area (Å²) in [5, 5.41) is 40.2. The van der Waals surface area contributed by atoms with Crippen LogP contribution in [-0.2, 0) is 97.2 Å². The van der Waals surface area contributed by atoms with E-state index in [4.69, 9.17) is 86.3 Å². The van der Waals surface area contributed by atoms with E-state index in [2.05, 4.69) is 30.9 Å². The van der Waals surface area contributed by atoms with Crippen molar-refractivity contribution < 1.29 is 127 Å². The molecule has 0 saturated carbocycles. The van der Waals surface area contributed by atoms with E-state index in [-0.39, 0.29) is 129 Å². The third-order valence-electron chi connectivity index (χ3n) is 16.6. The highest BCUT2D eigenvalue weighted by Crippen LogP contribution is 2.61. The number of nitrogen functional groups attached to an aromatic ring is 3. The van der Waals surface area contributed by atoms with Crippen molar-refractivity contribution in [3.05, 3.63) is 68.2 Å². The Morgan fingerprint density at radius 3 is 0.954 bits per heavy atom. The number of carbonyl (C=O) groups excluding carboxylic acids is 6. The number of phosphoric acid groups is 3. The number of fused-ring (bicyclic) bond motifs is 3. The van der Waals surface area contributed by atoms with Crippen molar-refractivity contribution in [1.29, 1.82) is 0 Å². The molecule has 6 aliphatic rings. The van der Waals surface area contributed by atoms with E-state index in [0.29, 0.717) is 0 Å². The number of phosphoric ester groups is 3. The number of aliphatic hydroxyl groups is 3. The van der Waals surface area contributed by atoms with Gasteiger partial charge < -0.3 is 76.9 Å². The summed E-state index contributed by atoms with van der Waals surface area (Å²) >= 11 is 2.81. The number of hydrogen-bond donors (Lipinski definition) is 9. The fourth-order valence-corrected chi connectivity index (χ4v) is 17.9. The molecular weight excluding hydrogens is 1560 g/mol. The molecule has 6 aliphatic heterocycles. The summed E-state index contributed by atoms with van der Waals surface area (Å²) in [5.74, 6) is 0.439. The molecule has 6 saturated heterocycles. The van der Waals surface area contributed by atoms with E-state index in [9.17, 15) is 72.2 Å². The van der Waals surface area contributed by atoms with Crippen LogP contribution in [0.4, 0.5) is 31.8 Å².